The van der Waals surface area contributed by atoms with Crippen molar-refractivity contribution in [3.8, 4) is 24.3 Å². The molecule has 116 valence electrons. The molecule has 6 heteroatoms. The molecule has 0 amide bonds. The second-order valence-electron chi connectivity index (χ2n) is 5.59. The molecule has 2 rings (SSSR count). The van der Waals surface area contributed by atoms with E-state index in [0.29, 0.717) is 10.8 Å². The summed E-state index contributed by atoms with van der Waals surface area (Å²) in [6.45, 7) is 0. The van der Waals surface area contributed by atoms with E-state index in [0.717, 1.165) is 11.4 Å². The van der Waals surface area contributed by atoms with Crippen molar-refractivity contribution in [2.24, 2.45) is 0 Å². The number of fused-ring (bicyclic) bond motifs is 1. The smallest absolute Gasteiger partial charge is 0.102 e. The van der Waals surface area contributed by atoms with Gasteiger partial charge in [-0.1, -0.05) is 6.07 Å². The van der Waals surface area contributed by atoms with Gasteiger partial charge >= 0.3 is 0 Å². The highest BCUT2D eigenvalue weighted by Crippen LogP contribution is 2.40. The van der Waals surface area contributed by atoms with Gasteiger partial charge in [-0.3, -0.25) is 0 Å². The van der Waals surface area contributed by atoms with Gasteiger partial charge in [-0.05, 0) is 6.07 Å². The molecule has 0 fully saturated rings. The molecule has 0 bridgehead atoms. The predicted octanol–water partition coefficient (Wildman–Crippen LogP) is 2.46. The highest BCUT2D eigenvalue weighted by Gasteiger charge is 2.24. The largest absolute Gasteiger partial charge is 0.376 e. The maximum atomic E-state index is 9.64. The summed E-state index contributed by atoms with van der Waals surface area (Å²) in [5.74, 6) is 0. The lowest BCUT2D eigenvalue weighted by Crippen LogP contribution is -2.18. The summed E-state index contributed by atoms with van der Waals surface area (Å²) in [7, 11) is 7.42. The summed E-state index contributed by atoms with van der Waals surface area (Å²) in [6, 6.07) is 11.4. The van der Waals surface area contributed by atoms with Gasteiger partial charge in [0, 0.05) is 39.0 Å². The van der Waals surface area contributed by atoms with Gasteiger partial charge in [0.25, 0.3) is 0 Å². The van der Waals surface area contributed by atoms with Gasteiger partial charge in [0.15, 0.2) is 0 Å². The summed E-state index contributed by atoms with van der Waals surface area (Å²) < 4.78 is 0. The Bertz CT molecular complexity index is 1000. The van der Waals surface area contributed by atoms with Crippen molar-refractivity contribution < 1.29 is 0 Å². The Morgan fingerprint density at radius 3 is 1.58 bits per heavy atom. The standard InChI is InChI=1S/C18H14N6/c1-23(2)16-6-5-11-12(7-19)13(8-20)14(9-21)15(10-22)17(11)18(16)24(3)4/h5-6H,1-4H3. The molecular formula is C18H14N6. The fourth-order valence-corrected chi connectivity index (χ4v) is 2.82. The van der Waals surface area contributed by atoms with Crippen molar-refractivity contribution in [1.82, 2.24) is 0 Å². The van der Waals surface area contributed by atoms with E-state index in [4.69, 9.17) is 0 Å². The second kappa shape index (κ2) is 6.17. The monoisotopic (exact) mass is 314 g/mol. The summed E-state index contributed by atoms with van der Waals surface area (Å²) in [5.41, 5.74) is 1.72. The number of rotatable bonds is 2. The van der Waals surface area contributed by atoms with Gasteiger partial charge in [-0.15, -0.1) is 0 Å². The lowest BCUT2D eigenvalue weighted by atomic mass is 9.89. The summed E-state index contributed by atoms with van der Waals surface area (Å²) in [4.78, 5) is 3.74. The van der Waals surface area contributed by atoms with Crippen molar-refractivity contribution in [1.29, 1.82) is 21.0 Å². The fourth-order valence-electron chi connectivity index (χ4n) is 2.82. The Labute approximate surface area is 140 Å². The van der Waals surface area contributed by atoms with Crippen LogP contribution < -0.4 is 9.80 Å². The molecule has 0 saturated carbocycles. The van der Waals surface area contributed by atoms with E-state index in [-0.39, 0.29) is 22.3 Å². The molecule has 0 aromatic heterocycles. The third-order valence-electron chi connectivity index (χ3n) is 3.80. The molecule has 0 radical (unpaired) electrons. The van der Waals surface area contributed by atoms with Crippen LogP contribution >= 0.6 is 0 Å². The Balaban J connectivity index is 3.29. The van der Waals surface area contributed by atoms with Crippen LogP contribution in [0.1, 0.15) is 22.3 Å². The van der Waals surface area contributed by atoms with Crippen molar-refractivity contribution in [2.75, 3.05) is 38.0 Å². The minimum absolute atomic E-state index is 0.0497. The van der Waals surface area contributed by atoms with Crippen LogP contribution in [-0.4, -0.2) is 28.2 Å². The minimum atomic E-state index is -0.0527. The molecule has 2 aromatic carbocycles. The van der Waals surface area contributed by atoms with E-state index >= 15 is 0 Å². The molecule has 6 nitrogen and oxygen atoms in total. The van der Waals surface area contributed by atoms with Gasteiger partial charge in [0.05, 0.1) is 33.6 Å². The van der Waals surface area contributed by atoms with Gasteiger partial charge < -0.3 is 9.80 Å². The van der Waals surface area contributed by atoms with E-state index in [2.05, 4.69) is 0 Å². The average molecular weight is 314 g/mol. The summed E-state index contributed by atoms with van der Waals surface area (Å²) in [6.07, 6.45) is 0. The molecule has 0 aliphatic heterocycles. The molecule has 0 unspecified atom stereocenters. The van der Waals surface area contributed by atoms with E-state index in [1.807, 2.05) is 68.3 Å². The Hall–Kier alpha value is -3.74. The van der Waals surface area contributed by atoms with E-state index < -0.39 is 0 Å². The normalized spacial score (nSPS) is 9.50. The average Bonchev–Trinajstić information content (AvgIpc) is 2.57. The van der Waals surface area contributed by atoms with Crippen molar-refractivity contribution >= 4 is 22.1 Å². The predicted molar refractivity (Wildman–Crippen MR) is 91.5 cm³/mol. The minimum Gasteiger partial charge on any atom is -0.376 e. The molecule has 24 heavy (non-hydrogen) atoms. The quantitative estimate of drug-likeness (QED) is 0.843. The van der Waals surface area contributed by atoms with E-state index in [9.17, 15) is 21.0 Å². The van der Waals surface area contributed by atoms with Crippen molar-refractivity contribution in [3.63, 3.8) is 0 Å². The zero-order chi connectivity index (χ0) is 18.0. The zero-order valence-corrected chi connectivity index (χ0v) is 13.8. The van der Waals surface area contributed by atoms with Crippen LogP contribution in [0.5, 0.6) is 0 Å². The molecule has 0 atom stereocenters. The lowest BCUT2D eigenvalue weighted by Gasteiger charge is -2.25. The van der Waals surface area contributed by atoms with Gasteiger partial charge in [0.2, 0.25) is 0 Å². The van der Waals surface area contributed by atoms with Crippen LogP contribution in [0, 0.1) is 45.3 Å². The molecular weight excluding hydrogens is 300 g/mol. The Morgan fingerprint density at radius 2 is 1.17 bits per heavy atom. The van der Waals surface area contributed by atoms with E-state index in [1.165, 1.54) is 0 Å². The van der Waals surface area contributed by atoms with Gasteiger partial charge in [-0.25, -0.2) is 0 Å². The SMILES string of the molecule is CN(C)c1ccc2c(C#N)c(C#N)c(C#N)c(C#N)c2c1N(C)C. The molecule has 0 saturated heterocycles. The first kappa shape index (κ1) is 16.6. The Morgan fingerprint density at radius 1 is 0.667 bits per heavy atom. The molecule has 0 heterocycles. The lowest BCUT2D eigenvalue weighted by molar-refractivity contribution is 1.08. The number of hydrogen-bond acceptors (Lipinski definition) is 6. The first-order chi connectivity index (χ1) is 11.4. The van der Waals surface area contributed by atoms with E-state index in [1.54, 1.807) is 6.07 Å². The zero-order valence-electron chi connectivity index (χ0n) is 13.8. The van der Waals surface area contributed by atoms with Crippen LogP contribution in [0.15, 0.2) is 12.1 Å². The molecule has 0 N–H and O–H groups in total. The summed E-state index contributed by atoms with van der Waals surface area (Å²) >= 11 is 0. The number of anilines is 2. The maximum Gasteiger partial charge on any atom is 0.102 e. The third kappa shape index (κ3) is 2.24. The first-order valence-electron chi connectivity index (χ1n) is 7.04. The fraction of sp³-hybridized carbons (Fsp3) is 0.222. The Kier molecular flexibility index (Phi) is 4.28. The van der Waals surface area contributed by atoms with Gasteiger partial charge in [0.1, 0.15) is 24.3 Å². The van der Waals surface area contributed by atoms with Crippen LogP contribution in [-0.2, 0) is 0 Å². The first-order valence-corrected chi connectivity index (χ1v) is 7.04. The number of nitriles is 4. The molecule has 0 aliphatic rings. The molecule has 2 aromatic rings. The van der Waals surface area contributed by atoms with Crippen molar-refractivity contribution in [3.05, 3.63) is 34.4 Å². The number of hydrogen-bond donors (Lipinski definition) is 0. The topological polar surface area (TPSA) is 102 Å². The maximum absolute atomic E-state index is 9.64. The van der Waals surface area contributed by atoms with Crippen molar-refractivity contribution in [2.45, 2.75) is 0 Å². The van der Waals surface area contributed by atoms with Crippen LogP contribution in [0.3, 0.4) is 0 Å². The highest BCUT2D eigenvalue weighted by atomic mass is 15.1. The summed E-state index contributed by atoms with van der Waals surface area (Å²) in [5, 5.41) is 39.0. The molecule has 0 aliphatic carbocycles. The number of benzene rings is 2. The van der Waals surface area contributed by atoms with Crippen LogP contribution in [0.2, 0.25) is 0 Å². The van der Waals surface area contributed by atoms with Crippen LogP contribution in [0.4, 0.5) is 11.4 Å². The van der Waals surface area contributed by atoms with Crippen LogP contribution in [0.25, 0.3) is 10.8 Å². The number of nitrogens with zero attached hydrogens (tertiary/aromatic N) is 6. The molecule has 0 spiro atoms. The second-order valence-corrected chi connectivity index (χ2v) is 5.59. The third-order valence-corrected chi connectivity index (χ3v) is 3.80. The highest BCUT2D eigenvalue weighted by molar-refractivity contribution is 6.08. The van der Waals surface area contributed by atoms with Gasteiger partial charge in [-0.2, -0.15) is 21.0 Å².